The third kappa shape index (κ3) is 2.28. The van der Waals surface area contributed by atoms with Gasteiger partial charge in [0, 0.05) is 25.2 Å². The van der Waals surface area contributed by atoms with E-state index >= 15 is 0 Å². The zero-order valence-electron chi connectivity index (χ0n) is 11.3. The molecule has 2 N–H and O–H groups in total. The van der Waals surface area contributed by atoms with Crippen molar-refractivity contribution in [3.63, 3.8) is 0 Å². The number of fused-ring (bicyclic) bond motifs is 1. The fourth-order valence-corrected chi connectivity index (χ4v) is 3.72. The lowest BCUT2D eigenvalue weighted by Gasteiger charge is -2.24. The zero-order chi connectivity index (χ0) is 12.7. The maximum atomic E-state index is 12.3. The summed E-state index contributed by atoms with van der Waals surface area (Å²) in [5.74, 6) is 1.58. The molecule has 0 aromatic heterocycles. The molecule has 102 valence electrons. The molecule has 0 spiro atoms. The van der Waals surface area contributed by atoms with Gasteiger partial charge >= 0.3 is 0 Å². The van der Waals surface area contributed by atoms with Gasteiger partial charge in [0.05, 0.1) is 6.54 Å². The van der Waals surface area contributed by atoms with Gasteiger partial charge in [0.25, 0.3) is 0 Å². The zero-order valence-corrected chi connectivity index (χ0v) is 11.3. The molecule has 1 saturated heterocycles. The van der Waals surface area contributed by atoms with Gasteiger partial charge in [0.2, 0.25) is 5.91 Å². The number of nitrogens with zero attached hydrogens (tertiary/aromatic N) is 2. The second-order valence-corrected chi connectivity index (χ2v) is 6.26. The third-order valence-corrected chi connectivity index (χ3v) is 5.07. The quantitative estimate of drug-likeness (QED) is 0.799. The van der Waals surface area contributed by atoms with E-state index < -0.39 is 0 Å². The van der Waals surface area contributed by atoms with Gasteiger partial charge in [-0.2, -0.15) is 0 Å². The molecule has 3 rings (SSSR count). The predicted octanol–water partition coefficient (Wildman–Crippen LogP) is 0.666. The Balaban J connectivity index is 1.54. The Morgan fingerprint density at radius 2 is 2.06 bits per heavy atom. The Morgan fingerprint density at radius 3 is 2.67 bits per heavy atom. The van der Waals surface area contributed by atoms with Crippen molar-refractivity contribution in [2.75, 3.05) is 26.2 Å². The summed E-state index contributed by atoms with van der Waals surface area (Å²) in [6, 6.07) is 1.02. The standard InChI is InChI=1S/C14H25N3O/c1-2-16(11-4-5-11)9-14(18)17-7-10-3-6-13(15)12(10)8-17/h10-13H,2-9,15H2,1H3. The van der Waals surface area contributed by atoms with Crippen LogP contribution in [0.25, 0.3) is 0 Å². The lowest BCUT2D eigenvalue weighted by atomic mass is 9.98. The monoisotopic (exact) mass is 251 g/mol. The van der Waals surface area contributed by atoms with Crippen molar-refractivity contribution < 1.29 is 4.79 Å². The summed E-state index contributed by atoms with van der Waals surface area (Å²) in [5, 5.41) is 0. The molecule has 1 heterocycles. The molecule has 2 aliphatic carbocycles. The van der Waals surface area contributed by atoms with Crippen LogP contribution in [0.2, 0.25) is 0 Å². The molecule has 3 atom stereocenters. The highest BCUT2D eigenvalue weighted by Gasteiger charge is 2.42. The smallest absolute Gasteiger partial charge is 0.236 e. The highest BCUT2D eigenvalue weighted by Crippen LogP contribution is 2.37. The third-order valence-electron chi connectivity index (χ3n) is 5.07. The minimum Gasteiger partial charge on any atom is -0.341 e. The van der Waals surface area contributed by atoms with Gasteiger partial charge < -0.3 is 10.6 Å². The lowest BCUT2D eigenvalue weighted by Crippen LogP contribution is -2.41. The molecule has 1 amide bonds. The average Bonchev–Trinajstić information content (AvgIpc) is 3.02. The number of hydrogen-bond donors (Lipinski definition) is 1. The number of carbonyl (C=O) groups is 1. The molecule has 18 heavy (non-hydrogen) atoms. The molecule has 4 nitrogen and oxygen atoms in total. The van der Waals surface area contributed by atoms with E-state index in [9.17, 15) is 4.79 Å². The molecular weight excluding hydrogens is 226 g/mol. The molecular formula is C14H25N3O. The minimum absolute atomic E-state index is 0.324. The first-order valence-corrected chi connectivity index (χ1v) is 7.46. The molecule has 3 unspecified atom stereocenters. The van der Waals surface area contributed by atoms with E-state index in [1.165, 1.54) is 19.3 Å². The number of carbonyl (C=O) groups excluding carboxylic acids is 1. The van der Waals surface area contributed by atoms with Crippen molar-refractivity contribution in [2.45, 2.75) is 44.7 Å². The van der Waals surface area contributed by atoms with Crippen molar-refractivity contribution >= 4 is 5.91 Å². The SMILES string of the molecule is CCN(CC(=O)N1CC2CCC(N)C2C1)C1CC1. The first-order chi connectivity index (χ1) is 8.69. The topological polar surface area (TPSA) is 49.6 Å². The molecule has 2 saturated carbocycles. The van der Waals surface area contributed by atoms with Crippen LogP contribution in [0.15, 0.2) is 0 Å². The second kappa shape index (κ2) is 4.82. The first-order valence-electron chi connectivity index (χ1n) is 7.46. The number of hydrogen-bond acceptors (Lipinski definition) is 3. The molecule has 4 heteroatoms. The summed E-state index contributed by atoms with van der Waals surface area (Å²) in [4.78, 5) is 16.7. The van der Waals surface area contributed by atoms with Crippen LogP contribution in [-0.2, 0) is 4.79 Å². The summed E-state index contributed by atoms with van der Waals surface area (Å²) in [6.45, 7) is 5.64. The number of amides is 1. The van der Waals surface area contributed by atoms with E-state index in [-0.39, 0.29) is 0 Å². The largest absolute Gasteiger partial charge is 0.341 e. The van der Waals surface area contributed by atoms with E-state index in [0.29, 0.717) is 36.4 Å². The normalized spacial score (nSPS) is 35.3. The maximum Gasteiger partial charge on any atom is 0.236 e. The van der Waals surface area contributed by atoms with Gasteiger partial charge in [0.1, 0.15) is 0 Å². The van der Waals surface area contributed by atoms with Gasteiger partial charge in [-0.05, 0) is 44.1 Å². The van der Waals surface area contributed by atoms with Crippen LogP contribution in [0.5, 0.6) is 0 Å². The number of rotatable bonds is 4. The van der Waals surface area contributed by atoms with E-state index in [1.54, 1.807) is 0 Å². The summed E-state index contributed by atoms with van der Waals surface area (Å²) >= 11 is 0. The fraction of sp³-hybridized carbons (Fsp3) is 0.929. The number of nitrogens with two attached hydrogens (primary N) is 1. The van der Waals surface area contributed by atoms with Crippen molar-refractivity contribution in [3.8, 4) is 0 Å². The van der Waals surface area contributed by atoms with Crippen LogP contribution >= 0.6 is 0 Å². The second-order valence-electron chi connectivity index (χ2n) is 6.26. The van der Waals surface area contributed by atoms with Crippen molar-refractivity contribution in [2.24, 2.45) is 17.6 Å². The van der Waals surface area contributed by atoms with Crippen LogP contribution in [0.3, 0.4) is 0 Å². The lowest BCUT2D eigenvalue weighted by molar-refractivity contribution is -0.131. The highest BCUT2D eigenvalue weighted by molar-refractivity contribution is 5.78. The van der Waals surface area contributed by atoms with Gasteiger partial charge in [-0.1, -0.05) is 6.92 Å². The fourth-order valence-electron chi connectivity index (χ4n) is 3.72. The summed E-state index contributed by atoms with van der Waals surface area (Å²) in [7, 11) is 0. The van der Waals surface area contributed by atoms with E-state index in [2.05, 4.69) is 16.7 Å². The molecule has 0 radical (unpaired) electrons. The number of likely N-dealkylation sites (N-methyl/N-ethyl adjacent to an activating group) is 1. The summed E-state index contributed by atoms with van der Waals surface area (Å²) < 4.78 is 0. The Bertz CT molecular complexity index is 329. The van der Waals surface area contributed by atoms with Gasteiger partial charge in [-0.15, -0.1) is 0 Å². The van der Waals surface area contributed by atoms with E-state index in [4.69, 9.17) is 5.73 Å². The van der Waals surface area contributed by atoms with Crippen LogP contribution in [0, 0.1) is 11.8 Å². The highest BCUT2D eigenvalue weighted by atomic mass is 16.2. The molecule has 1 aliphatic heterocycles. The van der Waals surface area contributed by atoms with Crippen LogP contribution in [0.1, 0.15) is 32.6 Å². The van der Waals surface area contributed by atoms with Gasteiger partial charge in [0.15, 0.2) is 0 Å². The molecule has 0 aromatic rings. The van der Waals surface area contributed by atoms with Gasteiger partial charge in [-0.3, -0.25) is 9.69 Å². The Labute approximate surface area is 109 Å². The minimum atomic E-state index is 0.324. The van der Waals surface area contributed by atoms with Crippen molar-refractivity contribution in [1.29, 1.82) is 0 Å². The Morgan fingerprint density at radius 1 is 1.28 bits per heavy atom. The van der Waals surface area contributed by atoms with E-state index in [1.807, 2.05) is 0 Å². The van der Waals surface area contributed by atoms with Crippen molar-refractivity contribution in [1.82, 2.24) is 9.80 Å². The average molecular weight is 251 g/mol. The summed E-state index contributed by atoms with van der Waals surface area (Å²) in [6.07, 6.45) is 4.92. The van der Waals surface area contributed by atoms with Crippen LogP contribution in [0.4, 0.5) is 0 Å². The molecule has 3 fully saturated rings. The number of likely N-dealkylation sites (tertiary alicyclic amines) is 1. The van der Waals surface area contributed by atoms with Gasteiger partial charge in [-0.25, -0.2) is 0 Å². The molecule has 0 bridgehead atoms. The maximum absolute atomic E-state index is 12.3. The summed E-state index contributed by atoms with van der Waals surface area (Å²) in [5.41, 5.74) is 6.12. The van der Waals surface area contributed by atoms with E-state index in [0.717, 1.165) is 26.1 Å². The molecule has 0 aromatic carbocycles. The van der Waals surface area contributed by atoms with Crippen LogP contribution < -0.4 is 5.73 Å². The van der Waals surface area contributed by atoms with Crippen molar-refractivity contribution in [3.05, 3.63) is 0 Å². The first kappa shape index (κ1) is 12.4. The van der Waals surface area contributed by atoms with Crippen LogP contribution in [-0.4, -0.2) is 54.0 Å². The molecule has 3 aliphatic rings. The predicted molar refractivity (Wildman–Crippen MR) is 71.0 cm³/mol. The Hall–Kier alpha value is -0.610. The Kier molecular flexibility index (Phi) is 3.32.